The van der Waals surface area contributed by atoms with E-state index in [1.54, 1.807) is 0 Å². The molecular formula is C12H18N2O2. The first-order chi connectivity index (χ1) is 7.74. The van der Waals surface area contributed by atoms with Crippen LogP contribution in [0.15, 0.2) is 18.5 Å². The predicted octanol–water partition coefficient (Wildman–Crippen LogP) is 2.10. The van der Waals surface area contributed by atoms with E-state index >= 15 is 0 Å². The van der Waals surface area contributed by atoms with Gasteiger partial charge >= 0.3 is 0 Å². The van der Waals surface area contributed by atoms with Gasteiger partial charge < -0.3 is 10.4 Å². The van der Waals surface area contributed by atoms with Crippen LogP contribution >= 0.6 is 0 Å². The van der Waals surface area contributed by atoms with Gasteiger partial charge in [-0.25, -0.2) is 0 Å². The van der Waals surface area contributed by atoms with Crippen LogP contribution in [0, 0.1) is 0 Å². The minimum Gasteiger partial charge on any atom is -0.506 e. The van der Waals surface area contributed by atoms with Crippen molar-refractivity contribution in [2.75, 3.05) is 6.54 Å². The number of carbonyl (C=O) groups is 1. The summed E-state index contributed by atoms with van der Waals surface area (Å²) in [5.74, 6) is -0.168. The van der Waals surface area contributed by atoms with Crippen LogP contribution < -0.4 is 5.32 Å². The second-order valence-corrected chi connectivity index (χ2v) is 3.75. The molecule has 0 radical (unpaired) electrons. The standard InChI is InChI=1S/C12H18N2O2/c1-2-3-4-5-6-14-12(16)10-7-11(15)9-13-8-10/h7-9,15H,2-6H2,1H3,(H,14,16). The smallest absolute Gasteiger partial charge is 0.252 e. The van der Waals surface area contributed by atoms with Crippen molar-refractivity contribution < 1.29 is 9.90 Å². The Labute approximate surface area is 95.7 Å². The molecule has 0 aromatic carbocycles. The van der Waals surface area contributed by atoms with E-state index in [0.29, 0.717) is 12.1 Å². The molecule has 2 N–H and O–H groups in total. The molecular weight excluding hydrogens is 204 g/mol. The van der Waals surface area contributed by atoms with E-state index in [0.717, 1.165) is 12.8 Å². The summed E-state index contributed by atoms with van der Waals surface area (Å²) in [6, 6.07) is 1.41. The second kappa shape index (κ2) is 6.82. The lowest BCUT2D eigenvalue weighted by Gasteiger charge is -2.04. The van der Waals surface area contributed by atoms with Crippen molar-refractivity contribution in [1.29, 1.82) is 0 Å². The molecule has 1 amide bonds. The molecule has 0 bridgehead atoms. The number of nitrogens with one attached hydrogen (secondary N) is 1. The molecule has 0 atom stereocenters. The summed E-state index contributed by atoms with van der Waals surface area (Å²) in [5, 5.41) is 12.0. The largest absolute Gasteiger partial charge is 0.506 e. The first kappa shape index (κ1) is 12.5. The van der Waals surface area contributed by atoms with E-state index in [1.807, 2.05) is 0 Å². The fraction of sp³-hybridized carbons (Fsp3) is 0.500. The van der Waals surface area contributed by atoms with Gasteiger partial charge in [0.1, 0.15) is 5.75 Å². The summed E-state index contributed by atoms with van der Waals surface area (Å²) in [6.07, 6.45) is 7.26. The Hall–Kier alpha value is -1.58. The van der Waals surface area contributed by atoms with Crippen molar-refractivity contribution in [3.8, 4) is 5.75 Å². The Morgan fingerprint density at radius 1 is 1.38 bits per heavy atom. The summed E-state index contributed by atoms with van der Waals surface area (Å²) in [4.78, 5) is 15.3. The van der Waals surface area contributed by atoms with Crippen molar-refractivity contribution in [2.24, 2.45) is 0 Å². The molecule has 0 aliphatic rings. The van der Waals surface area contributed by atoms with E-state index < -0.39 is 0 Å². The quantitative estimate of drug-likeness (QED) is 0.724. The number of amides is 1. The van der Waals surface area contributed by atoms with Gasteiger partial charge in [0.2, 0.25) is 0 Å². The van der Waals surface area contributed by atoms with Crippen LogP contribution in [0.5, 0.6) is 5.75 Å². The van der Waals surface area contributed by atoms with Gasteiger partial charge in [0.05, 0.1) is 11.8 Å². The van der Waals surface area contributed by atoms with Gasteiger partial charge in [0.15, 0.2) is 0 Å². The number of pyridine rings is 1. The second-order valence-electron chi connectivity index (χ2n) is 3.75. The molecule has 0 saturated heterocycles. The molecule has 1 aromatic heterocycles. The first-order valence-corrected chi connectivity index (χ1v) is 5.66. The Balaban J connectivity index is 2.30. The number of aromatic nitrogens is 1. The highest BCUT2D eigenvalue weighted by Crippen LogP contribution is 2.08. The number of hydrogen-bond acceptors (Lipinski definition) is 3. The highest BCUT2D eigenvalue weighted by molar-refractivity contribution is 5.94. The summed E-state index contributed by atoms with van der Waals surface area (Å²) < 4.78 is 0. The zero-order valence-electron chi connectivity index (χ0n) is 9.57. The summed E-state index contributed by atoms with van der Waals surface area (Å²) >= 11 is 0. The highest BCUT2D eigenvalue weighted by atomic mass is 16.3. The normalized spacial score (nSPS) is 10.1. The number of aromatic hydroxyl groups is 1. The predicted molar refractivity (Wildman–Crippen MR) is 62.4 cm³/mol. The van der Waals surface area contributed by atoms with E-state index in [1.165, 1.54) is 31.3 Å². The molecule has 0 saturated carbocycles. The van der Waals surface area contributed by atoms with Crippen LogP contribution in [0.2, 0.25) is 0 Å². The minimum atomic E-state index is -0.181. The Kier molecular flexibility index (Phi) is 5.32. The Morgan fingerprint density at radius 3 is 2.88 bits per heavy atom. The molecule has 1 heterocycles. The highest BCUT2D eigenvalue weighted by Gasteiger charge is 2.05. The zero-order chi connectivity index (χ0) is 11.8. The summed E-state index contributed by atoms with van der Waals surface area (Å²) in [7, 11) is 0. The number of nitrogens with zero attached hydrogens (tertiary/aromatic N) is 1. The van der Waals surface area contributed by atoms with E-state index in [2.05, 4.69) is 17.2 Å². The summed E-state index contributed by atoms with van der Waals surface area (Å²) in [6.45, 7) is 2.82. The van der Waals surface area contributed by atoms with Crippen LogP contribution in [0.25, 0.3) is 0 Å². The van der Waals surface area contributed by atoms with Gasteiger partial charge in [0, 0.05) is 12.7 Å². The van der Waals surface area contributed by atoms with Crippen LogP contribution in [0.1, 0.15) is 43.0 Å². The molecule has 4 heteroatoms. The molecule has 1 aromatic rings. The molecule has 0 aliphatic heterocycles. The molecule has 16 heavy (non-hydrogen) atoms. The Morgan fingerprint density at radius 2 is 2.19 bits per heavy atom. The fourth-order valence-electron chi connectivity index (χ4n) is 1.41. The van der Waals surface area contributed by atoms with Crippen LogP contribution in [-0.4, -0.2) is 22.5 Å². The molecule has 1 rings (SSSR count). The number of hydrogen-bond donors (Lipinski definition) is 2. The van der Waals surface area contributed by atoms with Crippen molar-refractivity contribution in [3.05, 3.63) is 24.0 Å². The third-order valence-corrected chi connectivity index (χ3v) is 2.30. The molecule has 0 spiro atoms. The van der Waals surface area contributed by atoms with Crippen molar-refractivity contribution in [2.45, 2.75) is 32.6 Å². The molecule has 88 valence electrons. The molecule has 0 aliphatic carbocycles. The molecule has 0 unspecified atom stereocenters. The number of unbranched alkanes of at least 4 members (excludes halogenated alkanes) is 3. The van der Waals surface area contributed by atoms with Crippen LogP contribution in [0.3, 0.4) is 0 Å². The lowest BCUT2D eigenvalue weighted by molar-refractivity contribution is 0.0952. The number of carbonyl (C=O) groups excluding carboxylic acids is 1. The van der Waals surface area contributed by atoms with Gasteiger partial charge in [-0.05, 0) is 12.5 Å². The monoisotopic (exact) mass is 222 g/mol. The maximum atomic E-state index is 11.6. The minimum absolute atomic E-state index is 0.0126. The molecule has 4 nitrogen and oxygen atoms in total. The van der Waals surface area contributed by atoms with Crippen molar-refractivity contribution in [1.82, 2.24) is 10.3 Å². The lowest BCUT2D eigenvalue weighted by Crippen LogP contribution is -2.24. The van der Waals surface area contributed by atoms with E-state index in [9.17, 15) is 4.79 Å². The lowest BCUT2D eigenvalue weighted by atomic mass is 10.2. The fourth-order valence-corrected chi connectivity index (χ4v) is 1.41. The van der Waals surface area contributed by atoms with Crippen molar-refractivity contribution >= 4 is 5.91 Å². The van der Waals surface area contributed by atoms with Crippen LogP contribution in [0.4, 0.5) is 0 Å². The number of rotatable bonds is 6. The maximum absolute atomic E-state index is 11.6. The summed E-state index contributed by atoms with van der Waals surface area (Å²) in [5.41, 5.74) is 0.399. The average Bonchev–Trinajstić information content (AvgIpc) is 2.28. The van der Waals surface area contributed by atoms with E-state index in [-0.39, 0.29) is 11.7 Å². The van der Waals surface area contributed by atoms with Gasteiger partial charge in [-0.2, -0.15) is 0 Å². The van der Waals surface area contributed by atoms with Gasteiger partial charge in [-0.3, -0.25) is 9.78 Å². The maximum Gasteiger partial charge on any atom is 0.252 e. The van der Waals surface area contributed by atoms with Crippen molar-refractivity contribution in [3.63, 3.8) is 0 Å². The first-order valence-electron chi connectivity index (χ1n) is 5.66. The third-order valence-electron chi connectivity index (χ3n) is 2.30. The van der Waals surface area contributed by atoms with Crippen LogP contribution in [-0.2, 0) is 0 Å². The average molecular weight is 222 g/mol. The Bertz CT molecular complexity index is 340. The molecule has 0 fully saturated rings. The van der Waals surface area contributed by atoms with Gasteiger partial charge in [-0.15, -0.1) is 0 Å². The van der Waals surface area contributed by atoms with E-state index in [4.69, 9.17) is 5.11 Å². The topological polar surface area (TPSA) is 62.2 Å². The SMILES string of the molecule is CCCCCCNC(=O)c1cncc(O)c1. The zero-order valence-corrected chi connectivity index (χ0v) is 9.57. The van der Waals surface area contributed by atoms with Gasteiger partial charge in [0.25, 0.3) is 5.91 Å². The van der Waals surface area contributed by atoms with Gasteiger partial charge in [-0.1, -0.05) is 26.2 Å². The third kappa shape index (κ3) is 4.29.